The van der Waals surface area contributed by atoms with Crippen molar-refractivity contribution >= 4 is 29.0 Å². The molecule has 0 amide bonds. The number of aryl methyl sites for hydroxylation is 1. The molecule has 2 aromatic rings. The van der Waals surface area contributed by atoms with Crippen LogP contribution < -0.4 is 11.1 Å². The number of hydrogen-bond donors (Lipinski definition) is 3. The highest BCUT2D eigenvalue weighted by Crippen LogP contribution is 2.38. The summed E-state index contributed by atoms with van der Waals surface area (Å²) in [6, 6.07) is 5.57. The van der Waals surface area contributed by atoms with Crippen LogP contribution >= 0.6 is 11.6 Å². The van der Waals surface area contributed by atoms with Crippen molar-refractivity contribution in [2.24, 2.45) is 0 Å². The van der Waals surface area contributed by atoms with Gasteiger partial charge in [0.25, 0.3) is 5.91 Å². The standard InChI is InChI=1S/C17H19ClN4O2/c18-13-3-1-2-10-11(6-7-20-15(10)13)17(24)22-16(19)12-8-9(23)4-5-14(12)21-22/h1-3,9,11,20,23H,4-8,19H2. The fourth-order valence-electron chi connectivity index (χ4n) is 3.66. The molecule has 0 fully saturated rings. The minimum Gasteiger partial charge on any atom is -0.393 e. The molecule has 1 aromatic heterocycles. The molecule has 4 rings (SSSR count). The number of nitrogens with one attached hydrogen (secondary N) is 1. The number of para-hydroxylation sites is 1. The molecule has 126 valence electrons. The van der Waals surface area contributed by atoms with Crippen molar-refractivity contribution in [2.45, 2.75) is 37.7 Å². The van der Waals surface area contributed by atoms with E-state index in [4.69, 9.17) is 17.3 Å². The van der Waals surface area contributed by atoms with Crippen molar-refractivity contribution in [2.75, 3.05) is 17.6 Å². The Hall–Kier alpha value is -2.05. The van der Waals surface area contributed by atoms with E-state index in [2.05, 4.69) is 10.4 Å². The van der Waals surface area contributed by atoms with Crippen LogP contribution in [-0.4, -0.2) is 33.4 Å². The quantitative estimate of drug-likeness (QED) is 0.736. The smallest absolute Gasteiger partial charge is 0.256 e. The Morgan fingerprint density at radius 1 is 1.42 bits per heavy atom. The van der Waals surface area contributed by atoms with E-state index < -0.39 is 6.10 Å². The van der Waals surface area contributed by atoms with Gasteiger partial charge in [0.1, 0.15) is 5.82 Å². The van der Waals surface area contributed by atoms with E-state index in [9.17, 15) is 9.90 Å². The zero-order valence-electron chi connectivity index (χ0n) is 13.1. The maximum absolute atomic E-state index is 13.1. The number of carbonyl (C=O) groups is 1. The van der Waals surface area contributed by atoms with Gasteiger partial charge in [0.05, 0.1) is 28.4 Å². The molecule has 0 spiro atoms. The summed E-state index contributed by atoms with van der Waals surface area (Å²) in [5, 5.41) is 18.1. The Labute approximate surface area is 144 Å². The van der Waals surface area contributed by atoms with E-state index in [0.29, 0.717) is 43.1 Å². The first-order chi connectivity index (χ1) is 11.6. The number of carbonyl (C=O) groups excluding carboxylic acids is 1. The number of rotatable bonds is 1. The predicted octanol–water partition coefficient (Wildman–Crippen LogP) is 2.21. The molecular weight excluding hydrogens is 328 g/mol. The second kappa shape index (κ2) is 5.79. The van der Waals surface area contributed by atoms with Gasteiger partial charge < -0.3 is 16.2 Å². The third kappa shape index (κ3) is 2.37. The topological polar surface area (TPSA) is 93.2 Å². The maximum atomic E-state index is 13.1. The van der Waals surface area contributed by atoms with Gasteiger partial charge in [-0.2, -0.15) is 9.78 Å². The summed E-state index contributed by atoms with van der Waals surface area (Å²) < 4.78 is 1.32. The lowest BCUT2D eigenvalue weighted by atomic mass is 9.90. The lowest BCUT2D eigenvalue weighted by Gasteiger charge is -2.26. The van der Waals surface area contributed by atoms with Crippen molar-refractivity contribution < 1.29 is 9.90 Å². The highest BCUT2D eigenvalue weighted by molar-refractivity contribution is 6.33. The van der Waals surface area contributed by atoms with E-state index in [1.807, 2.05) is 18.2 Å². The third-order valence-corrected chi connectivity index (χ3v) is 5.24. The van der Waals surface area contributed by atoms with Crippen molar-refractivity contribution in [3.8, 4) is 0 Å². The normalized spacial score (nSPS) is 22.4. The minimum absolute atomic E-state index is 0.138. The molecule has 0 radical (unpaired) electrons. The van der Waals surface area contributed by atoms with Crippen molar-refractivity contribution in [1.82, 2.24) is 9.78 Å². The maximum Gasteiger partial charge on any atom is 0.256 e. The average molecular weight is 347 g/mol. The molecule has 2 aliphatic rings. The SMILES string of the molecule is Nc1c2c(nn1C(=O)C1CCNc3c(Cl)cccc31)CCC(O)C2. The van der Waals surface area contributed by atoms with Crippen molar-refractivity contribution in [3.63, 3.8) is 0 Å². The van der Waals surface area contributed by atoms with Gasteiger partial charge in [-0.15, -0.1) is 0 Å². The molecule has 24 heavy (non-hydrogen) atoms. The van der Waals surface area contributed by atoms with E-state index in [-0.39, 0.29) is 11.8 Å². The van der Waals surface area contributed by atoms with Gasteiger partial charge in [-0.3, -0.25) is 4.79 Å². The van der Waals surface area contributed by atoms with Crippen LogP contribution in [0.4, 0.5) is 11.5 Å². The number of halogens is 1. The molecule has 2 atom stereocenters. The molecule has 6 nitrogen and oxygen atoms in total. The molecular formula is C17H19ClN4O2. The lowest BCUT2D eigenvalue weighted by Crippen LogP contribution is -2.28. The summed E-state index contributed by atoms with van der Waals surface area (Å²) in [4.78, 5) is 13.1. The van der Waals surface area contributed by atoms with E-state index >= 15 is 0 Å². The first kappa shape index (κ1) is 15.5. The van der Waals surface area contributed by atoms with Crippen LogP contribution in [0.1, 0.15) is 40.4 Å². The van der Waals surface area contributed by atoms with Gasteiger partial charge >= 0.3 is 0 Å². The van der Waals surface area contributed by atoms with Crippen LogP contribution in [0.2, 0.25) is 5.02 Å². The van der Waals surface area contributed by atoms with E-state index in [1.54, 1.807) is 0 Å². The average Bonchev–Trinajstić information content (AvgIpc) is 2.91. The Kier molecular flexibility index (Phi) is 3.73. The minimum atomic E-state index is -0.411. The van der Waals surface area contributed by atoms with Crippen LogP contribution in [-0.2, 0) is 12.8 Å². The predicted molar refractivity (Wildman–Crippen MR) is 92.6 cm³/mol. The van der Waals surface area contributed by atoms with Crippen LogP contribution in [0.25, 0.3) is 0 Å². The summed E-state index contributed by atoms with van der Waals surface area (Å²) >= 11 is 6.24. The molecule has 1 aliphatic heterocycles. The van der Waals surface area contributed by atoms with Crippen LogP contribution in [0.3, 0.4) is 0 Å². The summed E-state index contributed by atoms with van der Waals surface area (Å²) in [6.07, 6.45) is 2.02. The molecule has 1 aliphatic carbocycles. The van der Waals surface area contributed by atoms with Gasteiger partial charge in [-0.1, -0.05) is 23.7 Å². The number of nitrogen functional groups attached to an aromatic ring is 1. The Morgan fingerprint density at radius 3 is 3.08 bits per heavy atom. The zero-order chi connectivity index (χ0) is 16.8. The molecule has 0 saturated carbocycles. The Bertz CT molecular complexity index is 817. The second-order valence-corrected chi connectivity index (χ2v) is 6.84. The summed E-state index contributed by atoms with van der Waals surface area (Å²) in [5.74, 6) is -0.106. The third-order valence-electron chi connectivity index (χ3n) is 4.92. The number of hydrogen-bond acceptors (Lipinski definition) is 5. The number of aliphatic hydroxyl groups is 1. The second-order valence-electron chi connectivity index (χ2n) is 6.43. The van der Waals surface area contributed by atoms with Gasteiger partial charge in [0.2, 0.25) is 0 Å². The molecule has 4 N–H and O–H groups in total. The molecule has 0 bridgehead atoms. The van der Waals surface area contributed by atoms with Crippen molar-refractivity contribution in [1.29, 1.82) is 0 Å². The number of anilines is 2. The van der Waals surface area contributed by atoms with Crippen LogP contribution in [0.15, 0.2) is 18.2 Å². The fourth-order valence-corrected chi connectivity index (χ4v) is 3.91. The molecule has 7 heteroatoms. The zero-order valence-corrected chi connectivity index (χ0v) is 13.9. The fraction of sp³-hybridized carbons (Fsp3) is 0.412. The largest absolute Gasteiger partial charge is 0.393 e. The van der Waals surface area contributed by atoms with Crippen molar-refractivity contribution in [3.05, 3.63) is 40.0 Å². The highest BCUT2D eigenvalue weighted by Gasteiger charge is 2.32. The summed E-state index contributed by atoms with van der Waals surface area (Å²) in [7, 11) is 0. The first-order valence-corrected chi connectivity index (χ1v) is 8.55. The number of aliphatic hydroxyl groups excluding tert-OH is 1. The Morgan fingerprint density at radius 2 is 2.25 bits per heavy atom. The first-order valence-electron chi connectivity index (χ1n) is 8.17. The monoisotopic (exact) mass is 346 g/mol. The highest BCUT2D eigenvalue weighted by atomic mass is 35.5. The molecule has 1 aromatic carbocycles. The number of benzene rings is 1. The van der Waals surface area contributed by atoms with Gasteiger partial charge in [0.15, 0.2) is 0 Å². The summed E-state index contributed by atoms with van der Waals surface area (Å²) in [6.45, 7) is 0.673. The molecule has 2 heterocycles. The number of nitrogens with two attached hydrogens (primary N) is 1. The van der Waals surface area contributed by atoms with Gasteiger partial charge in [-0.25, -0.2) is 0 Å². The van der Waals surface area contributed by atoms with Crippen LogP contribution in [0.5, 0.6) is 0 Å². The lowest BCUT2D eigenvalue weighted by molar-refractivity contribution is 0.0859. The van der Waals surface area contributed by atoms with Gasteiger partial charge in [0, 0.05) is 18.5 Å². The Balaban J connectivity index is 1.73. The molecule has 0 saturated heterocycles. The van der Waals surface area contributed by atoms with Gasteiger partial charge in [-0.05, 0) is 30.9 Å². The summed E-state index contributed by atoms with van der Waals surface area (Å²) in [5.41, 5.74) is 9.50. The number of aromatic nitrogens is 2. The number of nitrogens with zero attached hydrogens (tertiary/aromatic N) is 2. The van der Waals surface area contributed by atoms with E-state index in [0.717, 1.165) is 22.5 Å². The number of fused-ring (bicyclic) bond motifs is 2. The van der Waals surface area contributed by atoms with E-state index in [1.165, 1.54) is 4.68 Å². The molecule has 2 unspecified atom stereocenters. The van der Waals surface area contributed by atoms with Crippen LogP contribution in [0, 0.1) is 0 Å².